The van der Waals surface area contributed by atoms with Gasteiger partial charge in [0.05, 0.1) is 6.04 Å². The lowest BCUT2D eigenvalue weighted by Gasteiger charge is -2.42. The number of hydrogen-bond acceptors (Lipinski definition) is 2. The van der Waals surface area contributed by atoms with E-state index in [0.29, 0.717) is 12.0 Å². The lowest BCUT2D eigenvalue weighted by molar-refractivity contribution is -0.135. The summed E-state index contributed by atoms with van der Waals surface area (Å²) >= 11 is 0. The number of benzene rings is 1. The number of nitrogens with zero attached hydrogens (tertiary/aromatic N) is 1. The van der Waals surface area contributed by atoms with Gasteiger partial charge in [-0.15, -0.1) is 0 Å². The van der Waals surface area contributed by atoms with Crippen LogP contribution >= 0.6 is 0 Å². The van der Waals surface area contributed by atoms with Crippen LogP contribution in [0.5, 0.6) is 0 Å². The van der Waals surface area contributed by atoms with E-state index in [-0.39, 0.29) is 18.1 Å². The minimum absolute atomic E-state index is 0.0453. The Kier molecular flexibility index (Phi) is 3.55. The van der Waals surface area contributed by atoms with Crippen LogP contribution in [0.3, 0.4) is 0 Å². The smallest absolute Gasteiger partial charge is 0.241 e. The Morgan fingerprint density at radius 1 is 1.20 bits per heavy atom. The third-order valence-electron chi connectivity index (χ3n) is 4.66. The van der Waals surface area contributed by atoms with E-state index in [0.717, 1.165) is 18.8 Å². The molecule has 1 aliphatic carbocycles. The van der Waals surface area contributed by atoms with Gasteiger partial charge in [0.2, 0.25) is 5.91 Å². The molecule has 1 N–H and O–H groups in total. The molecule has 3 heteroatoms. The summed E-state index contributed by atoms with van der Waals surface area (Å²) in [6.45, 7) is 6.50. The minimum Gasteiger partial charge on any atom is -0.319 e. The topological polar surface area (TPSA) is 32.3 Å². The first-order chi connectivity index (χ1) is 9.58. The van der Waals surface area contributed by atoms with E-state index in [2.05, 4.69) is 43.1 Å². The fourth-order valence-electron chi connectivity index (χ4n) is 3.46. The molecule has 3 rings (SSSR count). The van der Waals surface area contributed by atoms with Crippen LogP contribution in [0.15, 0.2) is 30.3 Å². The number of carbonyl (C=O) groups is 1. The number of rotatable bonds is 3. The van der Waals surface area contributed by atoms with Gasteiger partial charge in [-0.1, -0.05) is 51.1 Å². The Labute approximate surface area is 121 Å². The molecule has 1 aromatic rings. The molecule has 1 amide bonds. The van der Waals surface area contributed by atoms with E-state index in [9.17, 15) is 4.79 Å². The van der Waals surface area contributed by atoms with Crippen LogP contribution in [-0.2, 0) is 4.79 Å². The molecule has 0 aromatic heterocycles. The largest absolute Gasteiger partial charge is 0.319 e. The summed E-state index contributed by atoms with van der Waals surface area (Å²) in [6.07, 6.45) is 2.33. The minimum atomic E-state index is -0.0453. The van der Waals surface area contributed by atoms with Crippen molar-refractivity contribution in [2.45, 2.75) is 51.9 Å². The summed E-state index contributed by atoms with van der Waals surface area (Å²) in [5.74, 6) is 1.37. The van der Waals surface area contributed by atoms with Gasteiger partial charge in [0.15, 0.2) is 0 Å². The average Bonchev–Trinajstić information content (AvgIpc) is 2.74. The van der Waals surface area contributed by atoms with Crippen LogP contribution in [0, 0.1) is 11.8 Å². The van der Waals surface area contributed by atoms with Gasteiger partial charge in [-0.2, -0.15) is 0 Å². The highest BCUT2D eigenvalue weighted by Gasteiger charge is 2.46. The maximum Gasteiger partial charge on any atom is 0.241 e. The van der Waals surface area contributed by atoms with E-state index < -0.39 is 0 Å². The van der Waals surface area contributed by atoms with Crippen molar-refractivity contribution in [3.05, 3.63) is 35.9 Å². The van der Waals surface area contributed by atoms with E-state index in [4.69, 9.17) is 0 Å². The molecule has 2 fully saturated rings. The van der Waals surface area contributed by atoms with Crippen molar-refractivity contribution in [1.29, 1.82) is 0 Å². The Bertz CT molecular complexity index is 479. The van der Waals surface area contributed by atoms with E-state index in [1.54, 1.807) is 0 Å². The highest BCUT2D eigenvalue weighted by Crippen LogP contribution is 2.39. The Morgan fingerprint density at radius 3 is 2.40 bits per heavy atom. The van der Waals surface area contributed by atoms with Crippen molar-refractivity contribution in [2.75, 3.05) is 0 Å². The van der Waals surface area contributed by atoms with Gasteiger partial charge in [-0.3, -0.25) is 10.1 Å². The number of amides is 1. The van der Waals surface area contributed by atoms with Crippen molar-refractivity contribution in [3.63, 3.8) is 0 Å². The Morgan fingerprint density at radius 2 is 1.85 bits per heavy atom. The van der Waals surface area contributed by atoms with Crippen LogP contribution in [0.1, 0.15) is 45.3 Å². The van der Waals surface area contributed by atoms with Gasteiger partial charge in [-0.25, -0.2) is 0 Å². The summed E-state index contributed by atoms with van der Waals surface area (Å²) in [7, 11) is 0. The molecule has 3 nitrogen and oxygen atoms in total. The van der Waals surface area contributed by atoms with Crippen molar-refractivity contribution in [2.24, 2.45) is 11.8 Å². The van der Waals surface area contributed by atoms with Gasteiger partial charge in [0.25, 0.3) is 0 Å². The lowest BCUT2D eigenvalue weighted by Crippen LogP contribution is -2.47. The summed E-state index contributed by atoms with van der Waals surface area (Å²) in [5, 5.41) is 3.55. The lowest BCUT2D eigenvalue weighted by atomic mass is 9.80. The first-order valence-corrected chi connectivity index (χ1v) is 7.71. The highest BCUT2D eigenvalue weighted by atomic mass is 16.2. The number of carbonyl (C=O) groups excluding carboxylic acids is 1. The zero-order valence-electron chi connectivity index (χ0n) is 12.5. The molecule has 20 heavy (non-hydrogen) atoms. The predicted molar refractivity (Wildman–Crippen MR) is 80.0 cm³/mol. The monoisotopic (exact) mass is 272 g/mol. The van der Waals surface area contributed by atoms with Crippen molar-refractivity contribution >= 4 is 5.91 Å². The first kappa shape index (κ1) is 13.6. The molecule has 1 saturated heterocycles. The number of hydrogen-bond donors (Lipinski definition) is 1. The van der Waals surface area contributed by atoms with Crippen LogP contribution in [0.25, 0.3) is 0 Å². The molecule has 2 unspecified atom stereocenters. The standard InChI is InChI=1S/C17H24N2O/c1-11(2)15-17(20)19(14-9-12(3)10-14)16(18-15)13-7-5-4-6-8-13/h4-8,11-12,14-16,18H,9-10H2,1-3H3. The third-order valence-corrected chi connectivity index (χ3v) is 4.66. The molecule has 1 aliphatic heterocycles. The van der Waals surface area contributed by atoms with Gasteiger partial charge >= 0.3 is 0 Å². The summed E-state index contributed by atoms with van der Waals surface area (Å²) < 4.78 is 0. The predicted octanol–water partition coefficient (Wildman–Crippen LogP) is 2.94. The van der Waals surface area contributed by atoms with Crippen molar-refractivity contribution in [3.8, 4) is 0 Å². The third kappa shape index (κ3) is 2.24. The fraction of sp³-hybridized carbons (Fsp3) is 0.588. The molecule has 1 aromatic carbocycles. The molecule has 108 valence electrons. The van der Waals surface area contributed by atoms with Crippen LogP contribution in [0.4, 0.5) is 0 Å². The second-order valence-electron chi connectivity index (χ2n) is 6.68. The second kappa shape index (κ2) is 5.21. The number of nitrogens with one attached hydrogen (secondary N) is 1. The molecule has 1 heterocycles. The zero-order chi connectivity index (χ0) is 14.3. The van der Waals surface area contributed by atoms with E-state index in [1.165, 1.54) is 5.56 Å². The van der Waals surface area contributed by atoms with Gasteiger partial charge in [0, 0.05) is 6.04 Å². The molecule has 2 atom stereocenters. The maximum atomic E-state index is 12.7. The SMILES string of the molecule is CC1CC(N2C(=O)C(C(C)C)NC2c2ccccc2)C1. The van der Waals surface area contributed by atoms with Gasteiger partial charge in [0.1, 0.15) is 6.17 Å². The maximum absolute atomic E-state index is 12.7. The van der Waals surface area contributed by atoms with Gasteiger partial charge < -0.3 is 4.90 Å². The average molecular weight is 272 g/mol. The molecular formula is C17H24N2O. The normalized spacial score (nSPS) is 33.6. The summed E-state index contributed by atoms with van der Waals surface area (Å²) in [6, 6.07) is 10.7. The molecule has 1 saturated carbocycles. The van der Waals surface area contributed by atoms with Crippen LogP contribution < -0.4 is 5.32 Å². The molecule has 2 aliphatic rings. The summed E-state index contributed by atoms with van der Waals surface area (Å²) in [5.41, 5.74) is 1.20. The second-order valence-corrected chi connectivity index (χ2v) is 6.68. The summed E-state index contributed by atoms with van der Waals surface area (Å²) in [4.78, 5) is 14.8. The zero-order valence-corrected chi connectivity index (χ0v) is 12.5. The first-order valence-electron chi connectivity index (χ1n) is 7.71. The van der Waals surface area contributed by atoms with Gasteiger partial charge in [-0.05, 0) is 30.2 Å². The van der Waals surface area contributed by atoms with Crippen LogP contribution in [-0.4, -0.2) is 22.9 Å². The van der Waals surface area contributed by atoms with E-state index >= 15 is 0 Å². The molecule has 0 radical (unpaired) electrons. The van der Waals surface area contributed by atoms with E-state index in [1.807, 2.05) is 18.2 Å². The molecular weight excluding hydrogens is 248 g/mol. The van der Waals surface area contributed by atoms with Crippen LogP contribution in [0.2, 0.25) is 0 Å². The quantitative estimate of drug-likeness (QED) is 0.917. The Hall–Kier alpha value is -1.35. The highest BCUT2D eigenvalue weighted by molar-refractivity contribution is 5.85. The van der Waals surface area contributed by atoms with Crippen molar-refractivity contribution in [1.82, 2.24) is 10.2 Å². The molecule has 0 bridgehead atoms. The molecule has 0 spiro atoms. The van der Waals surface area contributed by atoms with Crippen molar-refractivity contribution < 1.29 is 4.79 Å². The Balaban J connectivity index is 1.88. The fourth-order valence-corrected chi connectivity index (χ4v) is 3.46.